The molecule has 3 aliphatic rings. The van der Waals surface area contributed by atoms with Gasteiger partial charge in [-0.25, -0.2) is 0 Å². The van der Waals surface area contributed by atoms with Crippen molar-refractivity contribution in [3.8, 4) is 0 Å². The molecule has 0 saturated carbocycles. The van der Waals surface area contributed by atoms with Crippen molar-refractivity contribution in [1.82, 2.24) is 20.0 Å². The minimum atomic E-state index is 0.156. The molecule has 1 aromatic rings. The molecule has 0 unspecified atom stereocenters. The number of carbonyl (C=O) groups is 1. The van der Waals surface area contributed by atoms with Crippen LogP contribution in [0.5, 0.6) is 0 Å². The third-order valence-corrected chi connectivity index (χ3v) is 7.13. The summed E-state index contributed by atoms with van der Waals surface area (Å²) in [5, 5.41) is 3.30. The van der Waals surface area contributed by atoms with Crippen molar-refractivity contribution in [3.05, 3.63) is 35.4 Å². The summed E-state index contributed by atoms with van der Waals surface area (Å²) in [6.07, 6.45) is 4.81. The van der Waals surface area contributed by atoms with Crippen molar-refractivity contribution in [3.63, 3.8) is 0 Å². The first-order valence-electron chi connectivity index (χ1n) is 11.6. The van der Waals surface area contributed by atoms with Crippen LogP contribution in [0.1, 0.15) is 43.2 Å². The Labute approximate surface area is 176 Å². The molecule has 1 amide bonds. The maximum absolute atomic E-state index is 12.8. The van der Waals surface area contributed by atoms with E-state index in [1.807, 2.05) is 0 Å². The minimum absolute atomic E-state index is 0.156. The van der Waals surface area contributed by atoms with Crippen LogP contribution in [-0.4, -0.2) is 86.1 Å². The lowest BCUT2D eigenvalue weighted by molar-refractivity contribution is -0.125. The standard InChI is InChI=1S/C24H38N4O/c1-19(16-27-14-12-26(2)13-15-27)25-24(29)22-10-11-28(18-22)17-21-8-5-7-20-6-3-4-9-23(20)21/h3-4,6,9,19,21-22H,5,7-8,10-18H2,1-2H3,(H,25,29)/t19-,21+,22+/m1/s1. The number of nitrogens with zero attached hydrogens (tertiary/aromatic N) is 3. The van der Waals surface area contributed by atoms with Gasteiger partial charge in [0.1, 0.15) is 0 Å². The van der Waals surface area contributed by atoms with E-state index in [0.717, 1.165) is 58.8 Å². The molecule has 3 atom stereocenters. The van der Waals surface area contributed by atoms with Crippen molar-refractivity contribution in [2.45, 2.75) is 44.6 Å². The molecule has 1 N–H and O–H groups in total. The molecule has 4 rings (SSSR count). The van der Waals surface area contributed by atoms with Gasteiger partial charge in [0.2, 0.25) is 5.91 Å². The number of carbonyl (C=O) groups excluding carboxylic acids is 1. The second-order valence-corrected chi connectivity index (χ2v) is 9.55. The number of piperazine rings is 1. The summed E-state index contributed by atoms with van der Waals surface area (Å²) in [6.45, 7) is 10.7. The number of nitrogens with one attached hydrogen (secondary N) is 1. The molecule has 5 nitrogen and oxygen atoms in total. The zero-order valence-electron chi connectivity index (χ0n) is 18.3. The van der Waals surface area contributed by atoms with E-state index in [1.165, 1.54) is 24.8 Å². The third-order valence-electron chi connectivity index (χ3n) is 7.13. The van der Waals surface area contributed by atoms with E-state index in [9.17, 15) is 4.79 Å². The summed E-state index contributed by atoms with van der Waals surface area (Å²) >= 11 is 0. The van der Waals surface area contributed by atoms with E-state index >= 15 is 0 Å². The fraction of sp³-hybridized carbons (Fsp3) is 0.708. The normalized spacial score (nSPS) is 27.5. The largest absolute Gasteiger partial charge is 0.352 e. The predicted molar refractivity (Wildman–Crippen MR) is 118 cm³/mol. The number of rotatable bonds is 6. The fourth-order valence-electron chi connectivity index (χ4n) is 5.39. The lowest BCUT2D eigenvalue weighted by Crippen LogP contribution is -2.50. The first-order chi connectivity index (χ1) is 14.1. The summed E-state index contributed by atoms with van der Waals surface area (Å²) in [4.78, 5) is 20.2. The molecule has 160 valence electrons. The number of amides is 1. The number of hydrogen-bond donors (Lipinski definition) is 1. The highest BCUT2D eigenvalue weighted by atomic mass is 16.2. The highest BCUT2D eigenvalue weighted by molar-refractivity contribution is 5.79. The van der Waals surface area contributed by atoms with Gasteiger partial charge < -0.3 is 15.1 Å². The van der Waals surface area contributed by atoms with Crippen LogP contribution in [0.4, 0.5) is 0 Å². The smallest absolute Gasteiger partial charge is 0.224 e. The van der Waals surface area contributed by atoms with Crippen molar-refractivity contribution < 1.29 is 4.79 Å². The Morgan fingerprint density at radius 1 is 1.10 bits per heavy atom. The van der Waals surface area contributed by atoms with Gasteiger partial charge in [0.15, 0.2) is 0 Å². The Hall–Kier alpha value is -1.43. The number of benzene rings is 1. The van der Waals surface area contributed by atoms with Crippen LogP contribution in [0.25, 0.3) is 0 Å². The maximum Gasteiger partial charge on any atom is 0.224 e. The Morgan fingerprint density at radius 2 is 1.90 bits per heavy atom. The summed E-state index contributed by atoms with van der Waals surface area (Å²) in [5.74, 6) is 1.06. The molecule has 0 aromatic heterocycles. The summed E-state index contributed by atoms with van der Waals surface area (Å²) in [6, 6.07) is 9.19. The van der Waals surface area contributed by atoms with Gasteiger partial charge in [0, 0.05) is 51.9 Å². The molecule has 2 saturated heterocycles. The Bertz CT molecular complexity index is 685. The first kappa shape index (κ1) is 20.8. The van der Waals surface area contributed by atoms with Gasteiger partial charge in [-0.1, -0.05) is 24.3 Å². The highest BCUT2D eigenvalue weighted by Gasteiger charge is 2.31. The van der Waals surface area contributed by atoms with Gasteiger partial charge in [0.05, 0.1) is 5.92 Å². The van der Waals surface area contributed by atoms with Crippen LogP contribution < -0.4 is 5.32 Å². The maximum atomic E-state index is 12.8. The number of likely N-dealkylation sites (tertiary alicyclic amines) is 1. The van der Waals surface area contributed by atoms with Crippen molar-refractivity contribution in [2.24, 2.45) is 5.92 Å². The average Bonchev–Trinajstić information content (AvgIpc) is 3.19. The Morgan fingerprint density at radius 3 is 2.72 bits per heavy atom. The average molecular weight is 399 g/mol. The molecular formula is C24H38N4O. The monoisotopic (exact) mass is 398 g/mol. The molecule has 1 aliphatic carbocycles. The Kier molecular flexibility index (Phi) is 6.88. The van der Waals surface area contributed by atoms with Crippen LogP contribution in [0.2, 0.25) is 0 Å². The number of aryl methyl sites for hydroxylation is 1. The predicted octanol–water partition coefficient (Wildman–Crippen LogP) is 2.18. The van der Waals surface area contributed by atoms with E-state index in [2.05, 4.69) is 58.3 Å². The molecule has 0 radical (unpaired) electrons. The van der Waals surface area contributed by atoms with Gasteiger partial charge >= 0.3 is 0 Å². The quantitative estimate of drug-likeness (QED) is 0.797. The lowest BCUT2D eigenvalue weighted by atomic mass is 9.82. The molecule has 2 heterocycles. The molecule has 2 aliphatic heterocycles. The van der Waals surface area contributed by atoms with E-state index in [1.54, 1.807) is 5.56 Å². The molecule has 0 bridgehead atoms. The van der Waals surface area contributed by atoms with Gasteiger partial charge in [-0.05, 0) is 63.2 Å². The highest BCUT2D eigenvalue weighted by Crippen LogP contribution is 2.33. The topological polar surface area (TPSA) is 38.8 Å². The van der Waals surface area contributed by atoms with Gasteiger partial charge in [0.25, 0.3) is 0 Å². The van der Waals surface area contributed by atoms with Gasteiger partial charge in [-0.3, -0.25) is 9.69 Å². The minimum Gasteiger partial charge on any atom is -0.352 e. The van der Waals surface area contributed by atoms with E-state index in [4.69, 9.17) is 0 Å². The van der Waals surface area contributed by atoms with Crippen LogP contribution in [-0.2, 0) is 11.2 Å². The molecule has 2 fully saturated rings. The number of likely N-dealkylation sites (N-methyl/N-ethyl adjacent to an activating group) is 1. The fourth-order valence-corrected chi connectivity index (χ4v) is 5.39. The van der Waals surface area contributed by atoms with Gasteiger partial charge in [-0.2, -0.15) is 0 Å². The second-order valence-electron chi connectivity index (χ2n) is 9.55. The van der Waals surface area contributed by atoms with Crippen LogP contribution in [0.15, 0.2) is 24.3 Å². The number of fused-ring (bicyclic) bond motifs is 1. The summed E-state index contributed by atoms with van der Waals surface area (Å²) in [7, 11) is 2.18. The molecule has 5 heteroatoms. The van der Waals surface area contributed by atoms with Crippen molar-refractivity contribution >= 4 is 5.91 Å². The van der Waals surface area contributed by atoms with E-state index in [0.29, 0.717) is 5.92 Å². The van der Waals surface area contributed by atoms with Crippen LogP contribution in [0.3, 0.4) is 0 Å². The van der Waals surface area contributed by atoms with E-state index < -0.39 is 0 Å². The van der Waals surface area contributed by atoms with Crippen LogP contribution in [0, 0.1) is 5.92 Å². The molecule has 29 heavy (non-hydrogen) atoms. The summed E-state index contributed by atoms with van der Waals surface area (Å²) in [5.41, 5.74) is 3.09. The molecular weight excluding hydrogens is 360 g/mol. The SMILES string of the molecule is C[C@H](CN1CCN(C)CC1)NC(=O)[C@H]1CCN(C[C@@H]2CCCc3ccccc32)C1. The van der Waals surface area contributed by atoms with Crippen molar-refractivity contribution in [1.29, 1.82) is 0 Å². The summed E-state index contributed by atoms with van der Waals surface area (Å²) < 4.78 is 0. The van der Waals surface area contributed by atoms with Crippen LogP contribution >= 0.6 is 0 Å². The third kappa shape index (κ3) is 5.39. The van der Waals surface area contributed by atoms with E-state index in [-0.39, 0.29) is 17.9 Å². The Balaban J connectivity index is 1.23. The second kappa shape index (κ2) is 9.59. The van der Waals surface area contributed by atoms with Gasteiger partial charge in [-0.15, -0.1) is 0 Å². The first-order valence-corrected chi connectivity index (χ1v) is 11.6. The zero-order valence-corrected chi connectivity index (χ0v) is 18.3. The van der Waals surface area contributed by atoms with Crippen molar-refractivity contribution in [2.75, 3.05) is 59.4 Å². The number of hydrogen-bond acceptors (Lipinski definition) is 4. The molecule has 1 aromatic carbocycles. The lowest BCUT2D eigenvalue weighted by Gasteiger charge is -2.34. The molecule has 0 spiro atoms. The zero-order chi connectivity index (χ0) is 20.2.